The Balaban J connectivity index is 2.84. The van der Waals surface area contributed by atoms with Gasteiger partial charge in [0.2, 0.25) is 0 Å². The minimum atomic E-state index is -0.775. The summed E-state index contributed by atoms with van der Waals surface area (Å²) in [5, 5.41) is 10.1. The maximum Gasteiger partial charge on any atom is 0.344 e. The summed E-state index contributed by atoms with van der Waals surface area (Å²) in [6, 6.07) is 1.19. The Labute approximate surface area is 162 Å². The van der Waals surface area contributed by atoms with Gasteiger partial charge in [-0.25, -0.2) is 4.79 Å². The fraction of sp³-hybridized carbons (Fsp3) is 0.619. The molecule has 0 fully saturated rings. The summed E-state index contributed by atoms with van der Waals surface area (Å²) in [7, 11) is 0. The molecule has 6 heteroatoms. The number of unbranched alkanes of at least 4 members (excludes halogenated alkanes) is 6. The molecule has 27 heavy (non-hydrogen) atoms. The quantitative estimate of drug-likeness (QED) is 0.232. The van der Waals surface area contributed by atoms with E-state index in [1.807, 2.05) is 0 Å². The van der Waals surface area contributed by atoms with E-state index in [4.69, 9.17) is 16.2 Å². The van der Waals surface area contributed by atoms with Crippen molar-refractivity contribution in [2.45, 2.75) is 84.7 Å². The van der Waals surface area contributed by atoms with E-state index in [1.54, 1.807) is 20.8 Å². The zero-order valence-corrected chi connectivity index (χ0v) is 17.1. The number of carbonyl (C=O) groups is 2. The van der Waals surface area contributed by atoms with Crippen LogP contribution in [0.2, 0.25) is 0 Å². The standard InChI is InChI=1S/C21H34N2O4/c1-5-6-7-8-9-10-11-12-15(24)17-14(22)13-16(25)18(19(17)23)20(26)27-21(2,3)4/h13,25H,5-12,22-23H2,1-4H3. The number of hydrogen-bond donors (Lipinski definition) is 3. The lowest BCUT2D eigenvalue weighted by Gasteiger charge is -2.21. The van der Waals surface area contributed by atoms with Crippen LogP contribution in [0.1, 0.15) is 99.8 Å². The second-order valence-electron chi connectivity index (χ2n) is 7.94. The van der Waals surface area contributed by atoms with Crippen LogP contribution in [0.15, 0.2) is 6.07 Å². The molecule has 1 rings (SSSR count). The Kier molecular flexibility index (Phi) is 8.60. The first kappa shape index (κ1) is 22.8. The van der Waals surface area contributed by atoms with Gasteiger partial charge in [-0.1, -0.05) is 45.4 Å². The molecule has 5 N–H and O–H groups in total. The largest absolute Gasteiger partial charge is 0.507 e. The van der Waals surface area contributed by atoms with Crippen molar-refractivity contribution >= 4 is 23.1 Å². The van der Waals surface area contributed by atoms with E-state index in [9.17, 15) is 14.7 Å². The lowest BCUT2D eigenvalue weighted by Crippen LogP contribution is -2.25. The lowest BCUT2D eigenvalue weighted by atomic mass is 9.97. The first-order valence-electron chi connectivity index (χ1n) is 9.76. The van der Waals surface area contributed by atoms with Crippen molar-refractivity contribution in [3.8, 4) is 5.75 Å². The predicted octanol–water partition coefficient (Wildman–Crippen LogP) is 4.84. The van der Waals surface area contributed by atoms with E-state index in [0.29, 0.717) is 6.42 Å². The molecule has 6 nitrogen and oxygen atoms in total. The van der Waals surface area contributed by atoms with E-state index in [0.717, 1.165) is 19.3 Å². The highest BCUT2D eigenvalue weighted by atomic mass is 16.6. The lowest BCUT2D eigenvalue weighted by molar-refractivity contribution is 0.00681. The summed E-state index contributed by atoms with van der Waals surface area (Å²) in [5.74, 6) is -1.38. The number of ether oxygens (including phenoxy) is 1. The number of aromatic hydroxyl groups is 1. The van der Waals surface area contributed by atoms with Gasteiger partial charge in [-0.05, 0) is 27.2 Å². The van der Waals surface area contributed by atoms with Crippen LogP contribution in [0.3, 0.4) is 0 Å². The number of ketones is 1. The Hall–Kier alpha value is -2.24. The Morgan fingerprint density at radius 3 is 2.11 bits per heavy atom. The van der Waals surface area contributed by atoms with Gasteiger partial charge < -0.3 is 21.3 Å². The van der Waals surface area contributed by atoms with Gasteiger partial charge >= 0.3 is 5.97 Å². The molecule has 0 spiro atoms. The Morgan fingerprint density at radius 1 is 1.00 bits per heavy atom. The number of carbonyl (C=O) groups excluding carboxylic acids is 2. The number of esters is 1. The molecule has 0 heterocycles. The van der Waals surface area contributed by atoms with Gasteiger partial charge in [-0.2, -0.15) is 0 Å². The zero-order valence-electron chi connectivity index (χ0n) is 17.1. The molecule has 0 radical (unpaired) electrons. The minimum Gasteiger partial charge on any atom is -0.507 e. The summed E-state index contributed by atoms with van der Waals surface area (Å²) < 4.78 is 5.27. The van der Waals surface area contributed by atoms with Crippen molar-refractivity contribution in [1.29, 1.82) is 0 Å². The Morgan fingerprint density at radius 2 is 1.56 bits per heavy atom. The number of benzene rings is 1. The average Bonchev–Trinajstić information content (AvgIpc) is 2.51. The van der Waals surface area contributed by atoms with Gasteiger partial charge in [0.25, 0.3) is 0 Å². The number of Topliss-reactive ketones (excluding diaryl/α,β-unsaturated/α-hetero) is 1. The topological polar surface area (TPSA) is 116 Å². The number of nitrogens with two attached hydrogens (primary N) is 2. The van der Waals surface area contributed by atoms with E-state index in [2.05, 4.69) is 6.92 Å². The second-order valence-corrected chi connectivity index (χ2v) is 7.94. The number of hydrogen-bond acceptors (Lipinski definition) is 6. The van der Waals surface area contributed by atoms with Gasteiger partial charge in [0.05, 0.1) is 11.3 Å². The fourth-order valence-electron chi connectivity index (χ4n) is 2.93. The van der Waals surface area contributed by atoms with Crippen LogP contribution < -0.4 is 11.5 Å². The van der Waals surface area contributed by atoms with E-state index >= 15 is 0 Å². The highest BCUT2D eigenvalue weighted by Crippen LogP contribution is 2.34. The Bertz CT molecular complexity index is 663. The summed E-state index contributed by atoms with van der Waals surface area (Å²) in [4.78, 5) is 25.0. The number of nitrogen functional groups attached to an aromatic ring is 2. The smallest absolute Gasteiger partial charge is 0.344 e. The maximum absolute atomic E-state index is 12.6. The van der Waals surface area contributed by atoms with Gasteiger partial charge in [-0.15, -0.1) is 0 Å². The molecule has 0 unspecified atom stereocenters. The molecular formula is C21H34N2O4. The molecule has 0 saturated carbocycles. The van der Waals surface area contributed by atoms with Crippen molar-refractivity contribution in [2.24, 2.45) is 0 Å². The molecule has 0 atom stereocenters. The molecule has 0 aliphatic heterocycles. The maximum atomic E-state index is 12.6. The molecule has 0 amide bonds. The molecule has 0 bridgehead atoms. The molecule has 1 aromatic rings. The van der Waals surface area contributed by atoms with Gasteiger partial charge in [0.15, 0.2) is 5.78 Å². The van der Waals surface area contributed by atoms with E-state index < -0.39 is 11.6 Å². The molecule has 0 aliphatic rings. The van der Waals surface area contributed by atoms with Crippen LogP contribution >= 0.6 is 0 Å². The summed E-state index contributed by atoms with van der Waals surface area (Å²) in [6.45, 7) is 7.31. The van der Waals surface area contributed by atoms with Crippen LogP contribution in [0, 0.1) is 0 Å². The zero-order chi connectivity index (χ0) is 20.6. The van der Waals surface area contributed by atoms with Crippen LogP contribution in [0.5, 0.6) is 5.75 Å². The van der Waals surface area contributed by atoms with Gasteiger partial charge in [0, 0.05) is 18.2 Å². The molecule has 0 aliphatic carbocycles. The van der Waals surface area contributed by atoms with E-state index in [1.165, 1.54) is 31.7 Å². The van der Waals surface area contributed by atoms with Crippen LogP contribution in [-0.4, -0.2) is 22.5 Å². The van der Waals surface area contributed by atoms with E-state index in [-0.39, 0.29) is 34.0 Å². The van der Waals surface area contributed by atoms with Crippen LogP contribution in [0.4, 0.5) is 11.4 Å². The third-order valence-corrected chi connectivity index (χ3v) is 4.26. The van der Waals surface area contributed by atoms with Crippen LogP contribution in [0.25, 0.3) is 0 Å². The minimum absolute atomic E-state index is 0.0743. The molecule has 0 saturated heterocycles. The normalized spacial score (nSPS) is 11.4. The summed E-state index contributed by atoms with van der Waals surface area (Å²) >= 11 is 0. The number of phenols is 1. The van der Waals surface area contributed by atoms with Crippen molar-refractivity contribution in [1.82, 2.24) is 0 Å². The predicted molar refractivity (Wildman–Crippen MR) is 109 cm³/mol. The number of rotatable bonds is 10. The average molecular weight is 379 g/mol. The summed E-state index contributed by atoms with van der Waals surface area (Å²) in [5.41, 5.74) is 11.0. The van der Waals surface area contributed by atoms with Crippen molar-refractivity contribution in [2.75, 3.05) is 11.5 Å². The molecular weight excluding hydrogens is 344 g/mol. The third-order valence-electron chi connectivity index (χ3n) is 4.26. The third kappa shape index (κ3) is 7.12. The van der Waals surface area contributed by atoms with Crippen molar-refractivity contribution in [3.05, 3.63) is 17.2 Å². The molecule has 1 aromatic carbocycles. The second kappa shape index (κ2) is 10.2. The van der Waals surface area contributed by atoms with Gasteiger partial charge in [0.1, 0.15) is 16.9 Å². The highest BCUT2D eigenvalue weighted by molar-refractivity contribution is 6.11. The first-order valence-corrected chi connectivity index (χ1v) is 9.76. The molecule has 152 valence electrons. The monoisotopic (exact) mass is 378 g/mol. The highest BCUT2D eigenvalue weighted by Gasteiger charge is 2.27. The SMILES string of the molecule is CCCCCCCCCC(=O)c1c(N)cc(O)c(C(=O)OC(C)(C)C)c1N. The summed E-state index contributed by atoms with van der Waals surface area (Å²) in [6.07, 6.45) is 7.96. The first-order chi connectivity index (χ1) is 12.6. The van der Waals surface area contributed by atoms with Crippen molar-refractivity contribution < 1.29 is 19.4 Å². The van der Waals surface area contributed by atoms with Crippen LogP contribution in [-0.2, 0) is 4.74 Å². The van der Waals surface area contributed by atoms with Crippen molar-refractivity contribution in [3.63, 3.8) is 0 Å². The number of anilines is 2. The number of phenolic OH excluding ortho intramolecular Hbond substituents is 1. The molecule has 0 aromatic heterocycles. The van der Waals surface area contributed by atoms with Gasteiger partial charge in [-0.3, -0.25) is 4.79 Å². The fourth-order valence-corrected chi connectivity index (χ4v) is 2.93.